The van der Waals surface area contributed by atoms with Gasteiger partial charge in [-0.3, -0.25) is 4.90 Å². The largest absolute Gasteiger partial charge is 0.385 e. The van der Waals surface area contributed by atoms with E-state index in [1.165, 1.54) is 0 Å². The summed E-state index contributed by atoms with van der Waals surface area (Å²) in [4.78, 5) is 6.24. The van der Waals surface area contributed by atoms with Gasteiger partial charge in [-0.25, -0.2) is 18.2 Å². The van der Waals surface area contributed by atoms with E-state index in [0.29, 0.717) is 31.0 Å². The summed E-state index contributed by atoms with van der Waals surface area (Å²) in [5.41, 5.74) is 0.412. The molecule has 2 heterocycles. The molecule has 0 aliphatic carbocycles. The van der Waals surface area contributed by atoms with Crippen molar-refractivity contribution < 1.29 is 18.3 Å². The van der Waals surface area contributed by atoms with Crippen LogP contribution in [0.3, 0.4) is 0 Å². The molecule has 4 nitrogen and oxygen atoms in total. The number of likely N-dealkylation sites (tertiary alicyclic amines) is 1. The number of imidazole rings is 1. The van der Waals surface area contributed by atoms with E-state index in [2.05, 4.69) is 4.98 Å². The molecule has 0 spiro atoms. The number of nitrogens with zero attached hydrogens (tertiary/aromatic N) is 3. The van der Waals surface area contributed by atoms with Gasteiger partial charge in [0.15, 0.2) is 17.5 Å². The van der Waals surface area contributed by atoms with E-state index in [4.69, 9.17) is 0 Å². The first kappa shape index (κ1) is 17.0. The summed E-state index contributed by atoms with van der Waals surface area (Å²) in [5.74, 6) is -3.01. The number of aromatic nitrogens is 2. The zero-order valence-corrected chi connectivity index (χ0v) is 13.4. The maximum atomic E-state index is 13.3. The van der Waals surface area contributed by atoms with Gasteiger partial charge in [-0.2, -0.15) is 0 Å². The van der Waals surface area contributed by atoms with Crippen LogP contribution in [0, 0.1) is 23.4 Å². The van der Waals surface area contributed by atoms with Crippen LogP contribution in [0.15, 0.2) is 24.5 Å². The van der Waals surface area contributed by atoms with E-state index in [9.17, 15) is 18.3 Å². The second-order valence-corrected chi connectivity index (χ2v) is 6.33. The van der Waals surface area contributed by atoms with E-state index in [0.717, 1.165) is 25.0 Å². The number of benzene rings is 1. The molecule has 1 fully saturated rings. The molecule has 0 amide bonds. The third-order valence-electron chi connectivity index (χ3n) is 4.65. The third-order valence-corrected chi connectivity index (χ3v) is 4.65. The molecule has 24 heavy (non-hydrogen) atoms. The lowest BCUT2D eigenvalue weighted by Crippen LogP contribution is -2.35. The molecule has 1 aliphatic heterocycles. The predicted molar refractivity (Wildman–Crippen MR) is 82.5 cm³/mol. The second-order valence-electron chi connectivity index (χ2n) is 6.33. The third kappa shape index (κ3) is 3.47. The average Bonchev–Trinajstić information content (AvgIpc) is 2.98. The molecule has 7 heteroatoms. The Morgan fingerprint density at radius 2 is 1.83 bits per heavy atom. The minimum absolute atomic E-state index is 0.101. The Hall–Kier alpha value is -1.86. The number of halogens is 3. The Balaban J connectivity index is 1.58. The smallest absolute Gasteiger partial charge is 0.194 e. The summed E-state index contributed by atoms with van der Waals surface area (Å²) in [6.07, 6.45) is 4.37. The number of hydrogen-bond acceptors (Lipinski definition) is 3. The van der Waals surface area contributed by atoms with E-state index >= 15 is 0 Å². The first-order chi connectivity index (χ1) is 11.5. The Labute approximate surface area is 138 Å². The van der Waals surface area contributed by atoms with Crippen molar-refractivity contribution in [2.45, 2.75) is 25.5 Å². The van der Waals surface area contributed by atoms with Crippen LogP contribution < -0.4 is 0 Å². The molecule has 1 N–H and O–H groups in total. The summed E-state index contributed by atoms with van der Waals surface area (Å²) in [6.45, 7) is 1.76. The van der Waals surface area contributed by atoms with Crippen LogP contribution in [0.4, 0.5) is 13.2 Å². The Morgan fingerprint density at radius 3 is 2.38 bits per heavy atom. The molecule has 3 rings (SSSR count). The molecular weight excluding hydrogens is 319 g/mol. The maximum Gasteiger partial charge on any atom is 0.194 e. The topological polar surface area (TPSA) is 41.3 Å². The fourth-order valence-electron chi connectivity index (χ4n) is 3.26. The second kappa shape index (κ2) is 6.94. The Bertz CT molecular complexity index is 688. The number of aliphatic hydroxyl groups excluding tert-OH is 1. The molecule has 1 aliphatic rings. The van der Waals surface area contributed by atoms with Crippen LogP contribution in [0.1, 0.15) is 30.3 Å². The number of hydrogen-bond donors (Lipinski definition) is 1. The van der Waals surface area contributed by atoms with E-state index < -0.39 is 23.6 Å². The molecule has 0 bridgehead atoms. The Kier molecular flexibility index (Phi) is 4.91. The average molecular weight is 339 g/mol. The molecule has 1 saturated heterocycles. The number of aliphatic hydroxyl groups is 1. The summed E-state index contributed by atoms with van der Waals surface area (Å²) < 4.78 is 41.4. The summed E-state index contributed by atoms with van der Waals surface area (Å²) in [5, 5.41) is 10.5. The van der Waals surface area contributed by atoms with Crippen molar-refractivity contribution in [2.75, 3.05) is 13.1 Å². The van der Waals surface area contributed by atoms with Crippen molar-refractivity contribution in [3.8, 4) is 0 Å². The van der Waals surface area contributed by atoms with Gasteiger partial charge in [-0.15, -0.1) is 0 Å². The predicted octanol–water partition coefficient (Wildman–Crippen LogP) is 2.78. The molecule has 130 valence electrons. The van der Waals surface area contributed by atoms with Gasteiger partial charge in [0, 0.05) is 26.0 Å². The fourth-order valence-corrected chi connectivity index (χ4v) is 3.26. The number of rotatable bonds is 4. The van der Waals surface area contributed by atoms with E-state index in [1.54, 1.807) is 17.0 Å². The quantitative estimate of drug-likeness (QED) is 0.871. The van der Waals surface area contributed by atoms with Crippen molar-refractivity contribution in [1.82, 2.24) is 14.5 Å². The van der Waals surface area contributed by atoms with Gasteiger partial charge in [-0.05, 0) is 49.5 Å². The van der Waals surface area contributed by atoms with Crippen LogP contribution in [-0.4, -0.2) is 32.6 Å². The van der Waals surface area contributed by atoms with Crippen molar-refractivity contribution in [1.29, 1.82) is 0 Å². The number of aryl methyl sites for hydroxylation is 1. The van der Waals surface area contributed by atoms with Gasteiger partial charge in [-0.1, -0.05) is 0 Å². The van der Waals surface area contributed by atoms with Gasteiger partial charge >= 0.3 is 0 Å². The Morgan fingerprint density at radius 1 is 1.21 bits per heavy atom. The van der Waals surface area contributed by atoms with E-state index in [-0.39, 0.29) is 5.92 Å². The van der Waals surface area contributed by atoms with Crippen molar-refractivity contribution in [3.63, 3.8) is 0 Å². The highest BCUT2D eigenvalue weighted by Crippen LogP contribution is 2.30. The van der Waals surface area contributed by atoms with Gasteiger partial charge < -0.3 is 9.67 Å². The summed E-state index contributed by atoms with van der Waals surface area (Å²) in [6, 6.07) is 2.07. The van der Waals surface area contributed by atoms with Crippen LogP contribution in [0.25, 0.3) is 0 Å². The van der Waals surface area contributed by atoms with Crippen molar-refractivity contribution >= 4 is 0 Å². The standard InChI is InChI=1S/C17H20F3N3O/c1-22-7-4-21-17(22)16(24)12-2-5-23(6-3-12)10-11-8-13(18)15(20)14(19)9-11/h4,7-9,12,16,24H,2-3,5-6,10H2,1H3. The zero-order chi connectivity index (χ0) is 17.3. The van der Waals surface area contributed by atoms with Gasteiger partial charge in [0.25, 0.3) is 0 Å². The molecule has 0 radical (unpaired) electrons. The maximum absolute atomic E-state index is 13.3. The highest BCUT2D eigenvalue weighted by molar-refractivity contribution is 5.19. The molecule has 1 aromatic carbocycles. The molecular formula is C17H20F3N3O. The first-order valence-corrected chi connectivity index (χ1v) is 7.96. The van der Waals surface area contributed by atoms with Gasteiger partial charge in [0.05, 0.1) is 0 Å². The molecule has 0 saturated carbocycles. The lowest BCUT2D eigenvalue weighted by Gasteiger charge is -2.34. The van der Waals surface area contributed by atoms with Crippen LogP contribution in [0.5, 0.6) is 0 Å². The lowest BCUT2D eigenvalue weighted by molar-refractivity contribution is 0.0491. The minimum Gasteiger partial charge on any atom is -0.385 e. The normalized spacial score (nSPS) is 18.0. The van der Waals surface area contributed by atoms with Crippen LogP contribution >= 0.6 is 0 Å². The minimum atomic E-state index is -1.43. The van der Waals surface area contributed by atoms with Gasteiger partial charge in [0.2, 0.25) is 0 Å². The summed E-state index contributed by atoms with van der Waals surface area (Å²) in [7, 11) is 1.85. The zero-order valence-electron chi connectivity index (χ0n) is 13.4. The van der Waals surface area contributed by atoms with E-state index in [1.807, 2.05) is 11.9 Å². The SMILES string of the molecule is Cn1ccnc1C(O)C1CCN(Cc2cc(F)c(F)c(F)c2)CC1. The monoisotopic (exact) mass is 339 g/mol. The van der Waals surface area contributed by atoms with Gasteiger partial charge in [0.1, 0.15) is 11.9 Å². The van der Waals surface area contributed by atoms with Crippen molar-refractivity contribution in [2.24, 2.45) is 13.0 Å². The molecule has 1 atom stereocenters. The lowest BCUT2D eigenvalue weighted by atomic mass is 9.90. The molecule has 2 aromatic rings. The first-order valence-electron chi connectivity index (χ1n) is 7.96. The van der Waals surface area contributed by atoms with Crippen LogP contribution in [-0.2, 0) is 13.6 Å². The van der Waals surface area contributed by atoms with Crippen molar-refractivity contribution in [3.05, 3.63) is 53.4 Å². The summed E-state index contributed by atoms with van der Waals surface area (Å²) >= 11 is 0. The highest BCUT2D eigenvalue weighted by atomic mass is 19.2. The number of piperidine rings is 1. The van der Waals surface area contributed by atoms with Crippen LogP contribution in [0.2, 0.25) is 0 Å². The fraction of sp³-hybridized carbons (Fsp3) is 0.471. The molecule has 1 unspecified atom stereocenters. The molecule has 1 aromatic heterocycles. The highest BCUT2D eigenvalue weighted by Gasteiger charge is 2.28.